The zero-order chi connectivity index (χ0) is 81.0. The summed E-state index contributed by atoms with van der Waals surface area (Å²) in [5.74, 6) is -1.00. The van der Waals surface area contributed by atoms with Crippen molar-refractivity contribution < 1.29 is 126 Å². The highest BCUT2D eigenvalue weighted by Crippen LogP contribution is 2.26. The van der Waals surface area contributed by atoms with Crippen molar-refractivity contribution in [2.75, 3.05) is 135 Å². The molecule has 0 fully saturated rings. The molecule has 6 aromatic rings. The normalized spacial score (nSPS) is 11.0. The van der Waals surface area contributed by atoms with Crippen molar-refractivity contribution in [2.24, 2.45) is 0 Å². The molecule has 18 nitrogen and oxygen atoms in total. The van der Waals surface area contributed by atoms with Gasteiger partial charge in [-0.2, -0.15) is 0 Å². The predicted molar refractivity (Wildman–Crippen MR) is 449 cm³/mol. The largest absolute Gasteiger partial charge is 1.00 e. The summed E-state index contributed by atoms with van der Waals surface area (Å²) in [6.07, 6.45) is 24.3. The van der Waals surface area contributed by atoms with Crippen LogP contribution in [-0.2, 0) is 14.2 Å². The van der Waals surface area contributed by atoms with Gasteiger partial charge >= 0.3 is 17.9 Å². The lowest BCUT2D eigenvalue weighted by molar-refractivity contribution is -0.925. The molecule has 0 aliphatic rings. The highest BCUT2D eigenvalue weighted by Gasteiger charge is 2.26. The number of hydrogen-bond acceptors (Lipinski definition) is 12. The number of hydrogen-bond donors (Lipinski definition) is 3. The molecule has 0 bridgehead atoms. The Kier molecular flexibility index (Phi) is 56.2. The van der Waals surface area contributed by atoms with Crippen LogP contribution in [0, 0.1) is 5.82 Å². The summed E-state index contributed by atoms with van der Waals surface area (Å²) in [6, 6.07) is 38.7. The van der Waals surface area contributed by atoms with Gasteiger partial charge in [0.05, 0.1) is 113 Å². The van der Waals surface area contributed by atoms with Gasteiger partial charge in [-0.25, -0.2) is 18.8 Å². The molecule has 6 aromatic carbocycles. The fraction of sp³-hybridized carbons (Fsp3) is 0.543. The number of unbranched alkanes of at least 4 members (excludes halogenated alkanes) is 16. The van der Waals surface area contributed by atoms with E-state index in [9.17, 15) is 33.2 Å². The summed E-state index contributed by atoms with van der Waals surface area (Å²) in [5.41, 5.74) is 4.21. The van der Waals surface area contributed by atoms with Gasteiger partial charge in [-0.3, -0.25) is 14.4 Å². The Balaban J connectivity index is 0.000000844. The molecule has 114 heavy (non-hydrogen) atoms. The number of ether oxygens (including phenoxy) is 6. The third kappa shape index (κ3) is 39.6. The van der Waals surface area contributed by atoms with Crippen molar-refractivity contribution in [3.05, 3.63) is 179 Å². The van der Waals surface area contributed by atoms with E-state index in [1.807, 2.05) is 36.4 Å². The van der Waals surface area contributed by atoms with E-state index < -0.39 is 17.7 Å². The second-order valence-corrected chi connectivity index (χ2v) is 29.2. The van der Waals surface area contributed by atoms with Crippen LogP contribution in [0.2, 0.25) is 0 Å². The van der Waals surface area contributed by atoms with Crippen LogP contribution < -0.4 is 81.1 Å². The summed E-state index contributed by atoms with van der Waals surface area (Å²) >= 11 is 0. The van der Waals surface area contributed by atoms with Gasteiger partial charge in [-0.05, 0) is 195 Å². The topological polar surface area (TPSA) is 194 Å². The number of para-hydroxylation sites is 2. The molecule has 3 amide bonds. The molecule has 0 saturated heterocycles. The van der Waals surface area contributed by atoms with Gasteiger partial charge in [0.1, 0.15) is 62.5 Å². The van der Waals surface area contributed by atoms with Gasteiger partial charge < -0.3 is 109 Å². The second kappa shape index (κ2) is 61.2. The lowest BCUT2D eigenvalue weighted by Gasteiger charge is -2.36. The monoisotopic (exact) mass is 1770 g/mol. The first-order valence-corrected chi connectivity index (χ1v) is 41.9. The number of halogens is 4. The molecular weight excluding hydrogens is 1640 g/mol. The minimum absolute atomic E-state index is 0. The number of likely N-dealkylation sites (N-methyl/N-ethyl adjacent to an activating group) is 3. The van der Waals surface area contributed by atoms with E-state index >= 15 is 0 Å². The number of esters is 3. The molecule has 0 aliphatic carbocycles. The molecule has 0 aromatic heterocycles. The number of quaternary nitrogens is 3. The first-order valence-electron chi connectivity index (χ1n) is 41.9. The van der Waals surface area contributed by atoms with Gasteiger partial charge in [0.2, 0.25) is 0 Å². The Labute approximate surface area is 715 Å². The van der Waals surface area contributed by atoms with Crippen molar-refractivity contribution in [2.45, 2.75) is 211 Å². The number of carbonyl (C=O) groups is 6. The van der Waals surface area contributed by atoms with Crippen LogP contribution in [-0.4, -0.2) is 168 Å². The molecule has 0 saturated carbocycles. The maximum Gasteiger partial charge on any atom is 0.338 e. The lowest BCUT2D eigenvalue weighted by Crippen LogP contribution is -3.00. The van der Waals surface area contributed by atoms with E-state index in [1.165, 1.54) is 108 Å². The van der Waals surface area contributed by atoms with E-state index in [2.05, 4.69) is 99.2 Å². The number of nitrogens with zero attached hydrogens (tertiary/aromatic N) is 3. The van der Waals surface area contributed by atoms with Crippen LogP contribution in [0.4, 0.5) is 21.5 Å². The van der Waals surface area contributed by atoms with E-state index in [0.29, 0.717) is 102 Å². The van der Waals surface area contributed by atoms with Crippen LogP contribution in [0.3, 0.4) is 0 Å². The van der Waals surface area contributed by atoms with E-state index in [-0.39, 0.29) is 80.3 Å². The first kappa shape index (κ1) is 105. The Bertz CT molecular complexity index is 3620. The van der Waals surface area contributed by atoms with Gasteiger partial charge in [-0.1, -0.05) is 155 Å². The van der Waals surface area contributed by atoms with Gasteiger partial charge in [0.15, 0.2) is 0 Å². The zero-order valence-corrected chi connectivity index (χ0v) is 75.7. The summed E-state index contributed by atoms with van der Waals surface area (Å²) in [6.45, 7) is 37.6. The third-order valence-corrected chi connectivity index (χ3v) is 21.2. The first-order chi connectivity index (χ1) is 53.8. The number of amides is 3. The van der Waals surface area contributed by atoms with Crippen molar-refractivity contribution in [3.8, 4) is 17.2 Å². The molecule has 3 N–H and O–H groups in total. The number of anilines is 3. The zero-order valence-electron chi connectivity index (χ0n) is 70.9. The molecule has 22 heteroatoms. The molecule has 0 radical (unpaired) electrons. The van der Waals surface area contributed by atoms with Crippen LogP contribution in [0.25, 0.3) is 0 Å². The third-order valence-electron chi connectivity index (χ3n) is 21.2. The quantitative estimate of drug-likeness (QED) is 0.0142. The number of rotatable bonds is 53. The van der Waals surface area contributed by atoms with E-state index in [4.69, 9.17) is 28.4 Å². The fourth-order valence-electron chi connectivity index (χ4n) is 12.8. The fourth-order valence-corrected chi connectivity index (χ4v) is 12.8. The van der Waals surface area contributed by atoms with Crippen molar-refractivity contribution in [1.82, 2.24) is 0 Å². The molecule has 0 heterocycles. The molecule has 0 unspecified atom stereocenters. The standard InChI is InChI=1S/C32H48N2O4.C31H46N2O4.C29H41FN2O4.3BrH/c1-5-9-11-12-16-25-37-30-18-14-13-17-29(30)31(35)33-28-21-19-27(20-22-28)32(36)38-26-24-34(7-3,8-4)23-15-10-6-2;1-5-9-11-12-15-24-36-29-17-14-13-16-28(29)30(34)32-27-20-18-26(19-21-27)31(35)37-25-23-33(7-3,8-4)22-10-6-2;1-5-8-9-10-11-12-20-35-27-18-15-24(30)22-26(27)28(33)31-25-16-13-23(14-17-25)29(34)36-21-19-32(4,6-2)7-3;;;/h13-14,17-22H,5-12,15-16,23-26H2,1-4H3;13-14,16-21H,5-12,15,22-25H2,1-4H3;13-18,22H,5-12,19-21H2,1-4H3;3*1H. The predicted octanol–water partition coefficient (Wildman–Crippen LogP) is 12.1. The Morgan fingerprint density at radius 1 is 0.307 bits per heavy atom. The average molecular weight is 1780 g/mol. The highest BCUT2D eigenvalue weighted by molar-refractivity contribution is 6.08. The van der Waals surface area contributed by atoms with Gasteiger partial charge in [-0.15, -0.1) is 0 Å². The van der Waals surface area contributed by atoms with Gasteiger partial charge in [0, 0.05) is 17.1 Å². The number of benzene rings is 6. The van der Waals surface area contributed by atoms with Crippen LogP contribution in [0.15, 0.2) is 140 Å². The van der Waals surface area contributed by atoms with Crippen molar-refractivity contribution >= 4 is 52.7 Å². The van der Waals surface area contributed by atoms with Crippen LogP contribution >= 0.6 is 0 Å². The summed E-state index contributed by atoms with van der Waals surface area (Å²) < 4.78 is 50.9. The minimum atomic E-state index is -0.508. The highest BCUT2D eigenvalue weighted by atomic mass is 79.9. The molecule has 0 atom stereocenters. The maximum absolute atomic E-state index is 13.9. The van der Waals surface area contributed by atoms with Crippen molar-refractivity contribution in [1.29, 1.82) is 0 Å². The maximum atomic E-state index is 13.9. The molecule has 6 rings (SSSR count). The summed E-state index contributed by atoms with van der Waals surface area (Å²) in [7, 11) is 2.13. The molecule has 0 spiro atoms. The molecular formula is C92H138Br3FN6O12. The summed E-state index contributed by atoms with van der Waals surface area (Å²) in [4.78, 5) is 76.3. The molecule has 636 valence electrons. The van der Waals surface area contributed by atoms with E-state index in [0.717, 1.165) is 130 Å². The number of carbonyl (C=O) groups excluding carboxylic acids is 6. The summed E-state index contributed by atoms with van der Waals surface area (Å²) in [5, 5.41) is 8.57. The Morgan fingerprint density at radius 2 is 0.605 bits per heavy atom. The molecule has 0 aliphatic heterocycles. The van der Waals surface area contributed by atoms with Crippen molar-refractivity contribution in [3.63, 3.8) is 0 Å². The smallest absolute Gasteiger partial charge is 0.338 e. The SMILES string of the molecule is CCCCCCCCOc1ccc(F)cc1C(=O)Nc1ccc(C(=O)OCC[N+](C)(CC)CC)cc1.CCCCCCCOc1ccccc1C(=O)Nc1ccc(C(=O)OCC[N+](CC)(CC)CCCC)cc1.CCCCCCCOc1ccccc1C(=O)Nc1ccc(C(=O)OCC[N+](CC)(CC)CCCCC)cc1.[Br-].[Br-].[Br-]. The van der Waals surface area contributed by atoms with Crippen LogP contribution in [0.1, 0.15) is 273 Å². The minimum Gasteiger partial charge on any atom is -1.00 e. The van der Waals surface area contributed by atoms with E-state index in [1.54, 1.807) is 84.9 Å². The Hall–Kier alpha value is -7.21. The van der Waals surface area contributed by atoms with Crippen LogP contribution in [0.5, 0.6) is 17.2 Å². The average Bonchev–Trinajstić information content (AvgIpc) is 0.854. The van der Waals surface area contributed by atoms with Gasteiger partial charge in [0.25, 0.3) is 17.7 Å². The number of nitrogens with one attached hydrogen (secondary N) is 3. The second-order valence-electron chi connectivity index (χ2n) is 29.2. The Morgan fingerprint density at radius 3 is 0.947 bits per heavy atom. The lowest BCUT2D eigenvalue weighted by atomic mass is 10.1.